The Hall–Kier alpha value is -0.130. The van der Waals surface area contributed by atoms with Gasteiger partial charge in [-0.05, 0) is 63.1 Å². The monoisotopic (exact) mass is 362 g/mol. The Morgan fingerprint density at radius 1 is 1.41 bits per heavy atom. The fourth-order valence-electron chi connectivity index (χ4n) is 1.46. The van der Waals surface area contributed by atoms with E-state index in [9.17, 15) is 0 Å². The summed E-state index contributed by atoms with van der Waals surface area (Å²) in [4.78, 5) is 4.29. The van der Waals surface area contributed by atoms with Gasteiger partial charge in [0.1, 0.15) is 5.82 Å². The number of rotatable bonds is 7. The number of hydrogen-bond acceptors (Lipinski definition) is 3. The highest BCUT2D eigenvalue weighted by Gasteiger charge is 2.20. The number of hydrogen-bond donors (Lipinski definition) is 1. The maximum Gasteiger partial charge on any atom is 0.140 e. The minimum absolute atomic E-state index is 0.831. The van der Waals surface area contributed by atoms with Gasteiger partial charge in [-0.2, -0.15) is 0 Å². The van der Waals surface area contributed by atoms with Gasteiger partial charge in [-0.15, -0.1) is 0 Å². The molecule has 3 nitrogen and oxygen atoms in total. The van der Waals surface area contributed by atoms with Crippen LogP contribution in [0.15, 0.2) is 21.2 Å². The van der Waals surface area contributed by atoms with Crippen LogP contribution in [0.4, 0.5) is 5.82 Å². The molecule has 0 radical (unpaired) electrons. The van der Waals surface area contributed by atoms with Crippen LogP contribution in [0.25, 0.3) is 0 Å². The number of halogens is 2. The molecule has 1 heterocycles. The summed E-state index contributed by atoms with van der Waals surface area (Å²) in [5.74, 6) is 1.74. The van der Waals surface area contributed by atoms with Crippen molar-refractivity contribution in [2.75, 3.05) is 25.1 Å². The highest BCUT2D eigenvalue weighted by molar-refractivity contribution is 9.11. The number of ether oxygens (including phenoxy) is 1. The van der Waals surface area contributed by atoms with Crippen molar-refractivity contribution in [2.45, 2.75) is 19.3 Å². The molecule has 0 aromatic carbocycles. The van der Waals surface area contributed by atoms with E-state index in [0.29, 0.717) is 0 Å². The lowest BCUT2D eigenvalue weighted by molar-refractivity contribution is 0.124. The Morgan fingerprint density at radius 3 is 2.94 bits per heavy atom. The van der Waals surface area contributed by atoms with Crippen LogP contribution in [0.3, 0.4) is 0 Å². The second kappa shape index (κ2) is 6.71. The van der Waals surface area contributed by atoms with E-state index in [-0.39, 0.29) is 0 Å². The summed E-state index contributed by atoms with van der Waals surface area (Å²) in [6.45, 7) is 2.66. The first-order chi connectivity index (χ1) is 8.25. The Balaban J connectivity index is 1.60. The topological polar surface area (TPSA) is 34.2 Å². The molecule has 1 aromatic rings. The highest BCUT2D eigenvalue weighted by Crippen LogP contribution is 2.28. The number of nitrogens with one attached hydrogen (secondary N) is 1. The van der Waals surface area contributed by atoms with Gasteiger partial charge < -0.3 is 10.1 Å². The van der Waals surface area contributed by atoms with E-state index in [1.165, 1.54) is 12.8 Å². The minimum atomic E-state index is 0.831. The van der Waals surface area contributed by atoms with Crippen LogP contribution < -0.4 is 5.32 Å². The van der Waals surface area contributed by atoms with Gasteiger partial charge in [0.2, 0.25) is 0 Å². The first-order valence-corrected chi connectivity index (χ1v) is 7.47. The van der Waals surface area contributed by atoms with Gasteiger partial charge in [-0.3, -0.25) is 0 Å². The number of anilines is 1. The van der Waals surface area contributed by atoms with E-state index in [2.05, 4.69) is 42.2 Å². The molecule has 2 rings (SSSR count). The van der Waals surface area contributed by atoms with E-state index in [1.807, 2.05) is 6.07 Å². The van der Waals surface area contributed by atoms with Gasteiger partial charge in [-0.1, -0.05) is 0 Å². The van der Waals surface area contributed by atoms with Gasteiger partial charge in [0, 0.05) is 30.4 Å². The lowest BCUT2D eigenvalue weighted by atomic mass is 10.4. The van der Waals surface area contributed by atoms with Crippen LogP contribution in [-0.4, -0.2) is 24.7 Å². The quantitative estimate of drug-likeness (QED) is 0.747. The molecule has 0 atom stereocenters. The molecule has 0 unspecified atom stereocenters. The van der Waals surface area contributed by atoms with E-state index in [0.717, 1.165) is 46.9 Å². The third-order valence-corrected chi connectivity index (χ3v) is 3.65. The zero-order valence-corrected chi connectivity index (χ0v) is 12.8. The Bertz CT molecular complexity index is 370. The molecule has 17 heavy (non-hydrogen) atoms. The second-order valence-electron chi connectivity index (χ2n) is 4.28. The van der Waals surface area contributed by atoms with Crippen LogP contribution in [0.5, 0.6) is 0 Å². The highest BCUT2D eigenvalue weighted by atomic mass is 79.9. The maximum absolute atomic E-state index is 5.57. The summed E-state index contributed by atoms with van der Waals surface area (Å²) >= 11 is 6.85. The molecular formula is C12H16Br2N2O. The summed E-state index contributed by atoms with van der Waals surface area (Å²) < 4.78 is 7.52. The van der Waals surface area contributed by atoms with Gasteiger partial charge in [0.15, 0.2) is 0 Å². The average molecular weight is 364 g/mol. The van der Waals surface area contributed by atoms with Crippen molar-refractivity contribution in [1.29, 1.82) is 0 Å². The van der Waals surface area contributed by atoms with Crippen molar-refractivity contribution in [3.05, 3.63) is 21.2 Å². The van der Waals surface area contributed by atoms with Crippen LogP contribution in [0.1, 0.15) is 19.3 Å². The van der Waals surface area contributed by atoms with Crippen LogP contribution in [-0.2, 0) is 4.74 Å². The maximum atomic E-state index is 5.57. The average Bonchev–Trinajstić information content (AvgIpc) is 3.09. The van der Waals surface area contributed by atoms with E-state index in [1.54, 1.807) is 6.20 Å². The van der Waals surface area contributed by atoms with Crippen LogP contribution >= 0.6 is 31.9 Å². The third kappa shape index (κ3) is 4.94. The van der Waals surface area contributed by atoms with Crippen molar-refractivity contribution in [3.63, 3.8) is 0 Å². The van der Waals surface area contributed by atoms with Crippen molar-refractivity contribution in [3.8, 4) is 0 Å². The SMILES string of the molecule is Brc1cnc(NCCCOCC2CC2)c(Br)c1. The molecule has 94 valence electrons. The summed E-state index contributed by atoms with van der Waals surface area (Å²) in [7, 11) is 0. The smallest absolute Gasteiger partial charge is 0.140 e. The van der Waals surface area contributed by atoms with Crippen LogP contribution in [0, 0.1) is 5.92 Å². The first-order valence-electron chi connectivity index (χ1n) is 5.88. The molecule has 1 saturated carbocycles. The summed E-state index contributed by atoms with van der Waals surface area (Å²) in [5.41, 5.74) is 0. The fourth-order valence-corrected chi connectivity index (χ4v) is 2.59. The van der Waals surface area contributed by atoms with Gasteiger partial charge in [0.25, 0.3) is 0 Å². The Morgan fingerprint density at radius 2 is 2.24 bits per heavy atom. The van der Waals surface area contributed by atoms with E-state index in [4.69, 9.17) is 4.74 Å². The third-order valence-electron chi connectivity index (χ3n) is 2.62. The van der Waals surface area contributed by atoms with Crippen LogP contribution in [0.2, 0.25) is 0 Å². The molecule has 1 aliphatic rings. The van der Waals surface area contributed by atoms with Crippen molar-refractivity contribution < 1.29 is 4.74 Å². The molecular weight excluding hydrogens is 348 g/mol. The zero-order valence-electron chi connectivity index (χ0n) is 9.59. The molecule has 5 heteroatoms. The molecule has 0 aliphatic heterocycles. The number of aromatic nitrogens is 1. The molecule has 1 aliphatic carbocycles. The van der Waals surface area contributed by atoms with Gasteiger partial charge in [0.05, 0.1) is 4.47 Å². The number of pyridine rings is 1. The zero-order chi connectivity index (χ0) is 12.1. The molecule has 1 N–H and O–H groups in total. The normalized spacial score (nSPS) is 14.9. The second-order valence-corrected chi connectivity index (χ2v) is 6.05. The number of nitrogens with zero attached hydrogens (tertiary/aromatic N) is 1. The van der Waals surface area contributed by atoms with E-state index >= 15 is 0 Å². The summed E-state index contributed by atoms with van der Waals surface area (Å²) in [6, 6.07) is 1.99. The largest absolute Gasteiger partial charge is 0.381 e. The lowest BCUT2D eigenvalue weighted by Gasteiger charge is -2.08. The van der Waals surface area contributed by atoms with Crippen molar-refractivity contribution in [2.24, 2.45) is 5.92 Å². The minimum Gasteiger partial charge on any atom is -0.381 e. The molecule has 1 fully saturated rings. The molecule has 0 amide bonds. The molecule has 0 bridgehead atoms. The van der Waals surface area contributed by atoms with Crippen molar-refractivity contribution >= 4 is 37.7 Å². The Kier molecular flexibility index (Phi) is 5.25. The Labute approximate surface area is 119 Å². The van der Waals surface area contributed by atoms with E-state index < -0.39 is 0 Å². The molecule has 0 saturated heterocycles. The standard InChI is InChI=1S/C12H16Br2N2O/c13-10-6-11(14)12(16-7-10)15-4-1-5-17-8-9-2-3-9/h6-7,9H,1-5,8H2,(H,15,16). The molecule has 0 spiro atoms. The predicted molar refractivity (Wildman–Crippen MR) is 76.3 cm³/mol. The predicted octanol–water partition coefficient (Wildman–Crippen LogP) is 3.84. The van der Waals surface area contributed by atoms with Gasteiger partial charge >= 0.3 is 0 Å². The van der Waals surface area contributed by atoms with Crippen molar-refractivity contribution in [1.82, 2.24) is 4.98 Å². The summed E-state index contributed by atoms with van der Waals surface area (Å²) in [6.07, 6.45) is 5.51. The lowest BCUT2D eigenvalue weighted by Crippen LogP contribution is -2.08. The summed E-state index contributed by atoms with van der Waals surface area (Å²) in [5, 5.41) is 3.29. The molecule has 1 aromatic heterocycles. The fraction of sp³-hybridized carbons (Fsp3) is 0.583. The first kappa shape index (κ1) is 13.3. The van der Waals surface area contributed by atoms with Gasteiger partial charge in [-0.25, -0.2) is 4.98 Å².